The van der Waals surface area contributed by atoms with Crippen molar-refractivity contribution in [2.45, 2.75) is 48.0 Å². The van der Waals surface area contributed by atoms with Crippen molar-refractivity contribution in [2.24, 2.45) is 0 Å². The molecule has 0 aromatic rings. The molecule has 0 unspecified atom stereocenters. The Morgan fingerprint density at radius 2 is 1.54 bits per heavy atom. The zero-order chi connectivity index (χ0) is 11.3. The van der Waals surface area contributed by atoms with Gasteiger partial charge in [0.2, 0.25) is 0 Å². The van der Waals surface area contributed by atoms with E-state index in [2.05, 4.69) is 32.4 Å². The number of hydrogen-bond donors (Lipinski definition) is 0. The third-order valence-corrected chi connectivity index (χ3v) is 1.46. The molecular formula is C12H29N. The van der Waals surface area contributed by atoms with E-state index in [4.69, 9.17) is 0 Å². The number of nitrogens with zero attached hydrogens (tertiary/aromatic N) is 1. The normalized spacial score (nSPS) is 8.00. The van der Waals surface area contributed by atoms with E-state index in [0.29, 0.717) is 0 Å². The van der Waals surface area contributed by atoms with Crippen LogP contribution in [0.15, 0.2) is 12.2 Å². The maximum atomic E-state index is 3.83. The molecule has 13 heavy (non-hydrogen) atoms. The average Bonchev–Trinajstić information content (AvgIpc) is 2.20. The second-order valence-corrected chi connectivity index (χ2v) is 2.60. The second kappa shape index (κ2) is 17.7. The summed E-state index contributed by atoms with van der Waals surface area (Å²) in [5.74, 6) is 0. The molecule has 0 aromatic carbocycles. The van der Waals surface area contributed by atoms with Crippen molar-refractivity contribution in [1.29, 1.82) is 0 Å². The first-order chi connectivity index (χ1) is 6.16. The van der Waals surface area contributed by atoms with Gasteiger partial charge in [0.05, 0.1) is 0 Å². The van der Waals surface area contributed by atoms with E-state index < -0.39 is 0 Å². The average molecular weight is 187 g/mol. The molecule has 0 aliphatic carbocycles. The van der Waals surface area contributed by atoms with Crippen LogP contribution in [0.2, 0.25) is 0 Å². The predicted octanol–water partition coefficient (Wildman–Crippen LogP) is 3.96. The molecule has 0 saturated carbocycles. The smallest absolute Gasteiger partial charge is 0.00152 e. The van der Waals surface area contributed by atoms with Crippen molar-refractivity contribution in [3.05, 3.63) is 12.2 Å². The number of rotatable bonds is 4. The van der Waals surface area contributed by atoms with E-state index in [0.717, 1.165) is 19.5 Å². The van der Waals surface area contributed by atoms with Crippen LogP contribution in [0, 0.1) is 0 Å². The lowest BCUT2D eigenvalue weighted by Gasteiger charge is -2.12. The molecule has 0 amide bonds. The fourth-order valence-corrected chi connectivity index (χ4v) is 0.540. The Morgan fingerprint density at radius 3 is 1.77 bits per heavy atom. The Bertz CT molecular complexity index is 87.1. The van der Waals surface area contributed by atoms with Gasteiger partial charge in [-0.1, -0.05) is 40.2 Å². The highest BCUT2D eigenvalue weighted by molar-refractivity contribution is 4.88. The maximum Gasteiger partial charge on any atom is 0.00152 e. The first-order valence-corrected chi connectivity index (χ1v) is 5.49. The lowest BCUT2D eigenvalue weighted by atomic mass is 10.2. The molecule has 1 heteroatoms. The summed E-state index contributed by atoms with van der Waals surface area (Å²) in [5, 5.41) is 0. The van der Waals surface area contributed by atoms with Gasteiger partial charge in [-0.3, -0.25) is 0 Å². The Labute approximate surface area is 85.8 Å². The van der Waals surface area contributed by atoms with Crippen LogP contribution in [0.3, 0.4) is 0 Å². The minimum atomic E-state index is 1.13. The van der Waals surface area contributed by atoms with Crippen LogP contribution >= 0.6 is 0 Å². The summed E-state index contributed by atoms with van der Waals surface area (Å²) in [6, 6.07) is 0. The van der Waals surface area contributed by atoms with Gasteiger partial charge in [-0.15, -0.1) is 6.58 Å². The number of hydrogen-bond acceptors (Lipinski definition) is 1. The summed E-state index contributed by atoms with van der Waals surface area (Å²) in [4.78, 5) is 2.29. The van der Waals surface area contributed by atoms with E-state index in [1.807, 2.05) is 27.7 Å². The molecule has 0 atom stereocenters. The minimum absolute atomic E-state index is 1.13. The highest BCUT2D eigenvalue weighted by Gasteiger charge is 1.92. The molecule has 0 fully saturated rings. The van der Waals surface area contributed by atoms with Crippen LogP contribution < -0.4 is 0 Å². The second-order valence-electron chi connectivity index (χ2n) is 2.60. The topological polar surface area (TPSA) is 3.24 Å². The molecule has 82 valence electrons. The van der Waals surface area contributed by atoms with E-state index >= 15 is 0 Å². The van der Waals surface area contributed by atoms with E-state index in [-0.39, 0.29) is 0 Å². The summed E-state index contributed by atoms with van der Waals surface area (Å²) >= 11 is 0. The van der Waals surface area contributed by atoms with E-state index in [1.54, 1.807) is 0 Å². The Kier molecular flexibility index (Phi) is 25.2. The predicted molar refractivity (Wildman–Crippen MR) is 65.3 cm³/mol. The van der Waals surface area contributed by atoms with Crippen LogP contribution in [-0.4, -0.2) is 25.0 Å². The van der Waals surface area contributed by atoms with Crippen molar-refractivity contribution < 1.29 is 0 Å². The Morgan fingerprint density at radius 1 is 1.15 bits per heavy atom. The first-order valence-electron chi connectivity index (χ1n) is 5.49. The van der Waals surface area contributed by atoms with Crippen molar-refractivity contribution in [2.75, 3.05) is 20.1 Å². The third kappa shape index (κ3) is 24.5. The van der Waals surface area contributed by atoms with Crippen LogP contribution in [0.1, 0.15) is 48.0 Å². The third-order valence-electron chi connectivity index (χ3n) is 1.46. The first kappa shape index (κ1) is 18.5. The highest BCUT2D eigenvalue weighted by Crippen LogP contribution is 1.95. The van der Waals surface area contributed by atoms with Crippen LogP contribution in [0.25, 0.3) is 0 Å². The van der Waals surface area contributed by atoms with Crippen molar-refractivity contribution in [3.8, 4) is 0 Å². The molecular weight excluding hydrogens is 158 g/mol. The fourth-order valence-electron chi connectivity index (χ4n) is 0.540. The molecule has 1 nitrogen and oxygen atoms in total. The van der Waals surface area contributed by atoms with Crippen molar-refractivity contribution in [3.63, 3.8) is 0 Å². The standard InChI is InChI=1S/C8H17N.2C2H6/c1-5-9(4)7-6-8(2)3;2*1-2/h2,5-7H2,1,3-4H3;2*1-2H3. The monoisotopic (exact) mass is 187 g/mol. The van der Waals surface area contributed by atoms with Gasteiger partial charge < -0.3 is 4.90 Å². The van der Waals surface area contributed by atoms with Gasteiger partial charge >= 0.3 is 0 Å². The molecule has 0 rings (SSSR count). The lowest BCUT2D eigenvalue weighted by molar-refractivity contribution is 0.357. The van der Waals surface area contributed by atoms with Crippen molar-refractivity contribution >= 4 is 0 Å². The molecule has 0 heterocycles. The lowest BCUT2D eigenvalue weighted by Crippen LogP contribution is -2.18. The quantitative estimate of drug-likeness (QED) is 0.602. The SMILES string of the molecule is C=C(C)CCN(C)CC.CC.CC. The van der Waals surface area contributed by atoms with Gasteiger partial charge in [0.25, 0.3) is 0 Å². The molecule has 0 spiro atoms. The van der Waals surface area contributed by atoms with E-state index in [9.17, 15) is 0 Å². The van der Waals surface area contributed by atoms with Crippen LogP contribution in [0.5, 0.6) is 0 Å². The Balaban J connectivity index is -0.000000218. The van der Waals surface area contributed by atoms with Crippen LogP contribution in [-0.2, 0) is 0 Å². The molecule has 0 aromatic heterocycles. The van der Waals surface area contributed by atoms with Gasteiger partial charge in [0.1, 0.15) is 0 Å². The summed E-state index contributed by atoms with van der Waals surface area (Å²) in [6.07, 6.45) is 1.13. The molecule has 0 N–H and O–H groups in total. The summed E-state index contributed by atoms with van der Waals surface area (Å²) in [6.45, 7) is 18.3. The van der Waals surface area contributed by atoms with Gasteiger partial charge in [0.15, 0.2) is 0 Å². The molecule has 0 aliphatic heterocycles. The summed E-state index contributed by atoms with van der Waals surface area (Å²) in [5.41, 5.74) is 1.27. The highest BCUT2D eigenvalue weighted by atomic mass is 15.1. The van der Waals surface area contributed by atoms with Gasteiger partial charge in [0, 0.05) is 6.54 Å². The summed E-state index contributed by atoms with van der Waals surface area (Å²) in [7, 11) is 2.13. The zero-order valence-corrected chi connectivity index (χ0v) is 10.8. The van der Waals surface area contributed by atoms with E-state index in [1.165, 1.54) is 5.57 Å². The molecule has 0 radical (unpaired) electrons. The minimum Gasteiger partial charge on any atom is -0.306 e. The Hall–Kier alpha value is -0.300. The van der Waals surface area contributed by atoms with Crippen molar-refractivity contribution in [1.82, 2.24) is 4.90 Å². The maximum absolute atomic E-state index is 3.83. The fraction of sp³-hybridized carbons (Fsp3) is 0.833. The van der Waals surface area contributed by atoms with Gasteiger partial charge in [-0.05, 0) is 26.9 Å². The van der Waals surface area contributed by atoms with Gasteiger partial charge in [-0.2, -0.15) is 0 Å². The zero-order valence-electron chi connectivity index (χ0n) is 10.8. The van der Waals surface area contributed by atoms with Gasteiger partial charge in [-0.25, -0.2) is 0 Å². The molecule has 0 aliphatic rings. The molecule has 0 saturated heterocycles. The molecule has 0 bridgehead atoms. The largest absolute Gasteiger partial charge is 0.306 e. The summed E-state index contributed by atoms with van der Waals surface area (Å²) < 4.78 is 0. The van der Waals surface area contributed by atoms with Crippen LogP contribution in [0.4, 0.5) is 0 Å².